The van der Waals surface area contributed by atoms with Gasteiger partial charge in [-0.25, -0.2) is 4.98 Å². The third-order valence-electron chi connectivity index (χ3n) is 2.92. The Morgan fingerprint density at radius 2 is 2.19 bits per heavy atom. The summed E-state index contributed by atoms with van der Waals surface area (Å²) in [7, 11) is 0. The zero-order valence-electron chi connectivity index (χ0n) is 11.8. The number of thiophene rings is 1. The highest BCUT2D eigenvalue weighted by atomic mass is 32.1. The molecule has 2 amide bonds. The summed E-state index contributed by atoms with van der Waals surface area (Å²) in [5, 5.41) is 9.21. The molecule has 0 unspecified atom stereocenters. The van der Waals surface area contributed by atoms with Crippen molar-refractivity contribution in [3.8, 4) is 0 Å². The largest absolute Gasteiger partial charge is 0.352 e. The molecule has 0 aliphatic heterocycles. The number of nitrogens with one attached hydrogen (secondary N) is 2. The average molecular weight is 303 g/mol. The van der Waals surface area contributed by atoms with E-state index in [2.05, 4.69) is 15.6 Å². The van der Waals surface area contributed by atoms with E-state index < -0.39 is 0 Å². The van der Waals surface area contributed by atoms with Gasteiger partial charge in [0.1, 0.15) is 5.82 Å². The standard InChI is InChI=1S/C15H17N3O2S/c1-11-4-2-7-16-14(11)18-13(19)5-3-8-17-15(20)12-6-9-21-10-12/h2,4,6-7,9-10H,3,5,8H2,1H3,(H,17,20)(H,16,18,19). The molecule has 0 atom stereocenters. The molecule has 0 aliphatic carbocycles. The van der Waals surface area contributed by atoms with E-state index in [4.69, 9.17) is 0 Å². The summed E-state index contributed by atoms with van der Waals surface area (Å²) < 4.78 is 0. The number of anilines is 1. The quantitative estimate of drug-likeness (QED) is 0.806. The van der Waals surface area contributed by atoms with Crippen molar-refractivity contribution < 1.29 is 9.59 Å². The second-order valence-electron chi connectivity index (χ2n) is 4.59. The first-order valence-corrected chi connectivity index (χ1v) is 7.63. The van der Waals surface area contributed by atoms with Crippen LogP contribution < -0.4 is 10.6 Å². The van der Waals surface area contributed by atoms with Gasteiger partial charge < -0.3 is 10.6 Å². The van der Waals surface area contributed by atoms with Crippen LogP contribution in [0, 0.1) is 6.92 Å². The van der Waals surface area contributed by atoms with Crippen molar-refractivity contribution in [1.29, 1.82) is 0 Å². The Morgan fingerprint density at radius 1 is 1.33 bits per heavy atom. The van der Waals surface area contributed by atoms with E-state index in [0.29, 0.717) is 30.8 Å². The molecule has 0 saturated carbocycles. The second-order valence-corrected chi connectivity index (χ2v) is 5.37. The number of aromatic nitrogens is 1. The van der Waals surface area contributed by atoms with Gasteiger partial charge in [0.25, 0.3) is 5.91 Å². The highest BCUT2D eigenvalue weighted by Crippen LogP contribution is 2.09. The fourth-order valence-corrected chi connectivity index (χ4v) is 2.39. The maximum absolute atomic E-state index is 11.8. The van der Waals surface area contributed by atoms with E-state index in [1.807, 2.05) is 24.4 Å². The molecule has 2 rings (SSSR count). The lowest BCUT2D eigenvalue weighted by Gasteiger charge is -2.07. The lowest BCUT2D eigenvalue weighted by atomic mass is 10.2. The molecule has 0 saturated heterocycles. The van der Waals surface area contributed by atoms with Gasteiger partial charge in [0.05, 0.1) is 0 Å². The van der Waals surface area contributed by atoms with E-state index >= 15 is 0 Å². The van der Waals surface area contributed by atoms with Gasteiger partial charge in [-0.15, -0.1) is 0 Å². The highest BCUT2D eigenvalue weighted by molar-refractivity contribution is 7.08. The van der Waals surface area contributed by atoms with Gasteiger partial charge in [-0.1, -0.05) is 6.07 Å². The van der Waals surface area contributed by atoms with Gasteiger partial charge in [-0.05, 0) is 36.4 Å². The van der Waals surface area contributed by atoms with E-state index in [9.17, 15) is 9.59 Å². The fraction of sp³-hybridized carbons (Fsp3) is 0.267. The first-order valence-electron chi connectivity index (χ1n) is 6.68. The van der Waals surface area contributed by atoms with Crippen molar-refractivity contribution in [3.63, 3.8) is 0 Å². The van der Waals surface area contributed by atoms with Crippen LogP contribution in [0.1, 0.15) is 28.8 Å². The minimum Gasteiger partial charge on any atom is -0.352 e. The predicted octanol–water partition coefficient (Wildman–Crippen LogP) is 2.60. The van der Waals surface area contributed by atoms with E-state index in [-0.39, 0.29) is 11.8 Å². The second kappa shape index (κ2) is 7.54. The Kier molecular flexibility index (Phi) is 5.45. The van der Waals surface area contributed by atoms with E-state index in [0.717, 1.165) is 5.56 Å². The molecule has 21 heavy (non-hydrogen) atoms. The van der Waals surface area contributed by atoms with Crippen LogP contribution in [0.3, 0.4) is 0 Å². The van der Waals surface area contributed by atoms with Crippen LogP contribution in [-0.2, 0) is 4.79 Å². The van der Waals surface area contributed by atoms with Gasteiger partial charge in [0.2, 0.25) is 5.91 Å². The summed E-state index contributed by atoms with van der Waals surface area (Å²) in [5.74, 6) is 0.392. The van der Waals surface area contributed by atoms with Crippen molar-refractivity contribution in [2.24, 2.45) is 0 Å². The van der Waals surface area contributed by atoms with Crippen molar-refractivity contribution in [3.05, 3.63) is 46.3 Å². The number of hydrogen-bond donors (Lipinski definition) is 2. The van der Waals surface area contributed by atoms with Crippen molar-refractivity contribution in [2.45, 2.75) is 19.8 Å². The predicted molar refractivity (Wildman–Crippen MR) is 83.5 cm³/mol. The summed E-state index contributed by atoms with van der Waals surface area (Å²) in [6.45, 7) is 2.37. The third-order valence-corrected chi connectivity index (χ3v) is 3.60. The number of pyridine rings is 1. The number of carbonyl (C=O) groups is 2. The molecule has 0 fully saturated rings. The molecule has 0 radical (unpaired) electrons. The molecule has 0 aliphatic rings. The molecule has 2 heterocycles. The van der Waals surface area contributed by atoms with Crippen LogP contribution in [0.15, 0.2) is 35.2 Å². The normalized spacial score (nSPS) is 10.1. The first-order chi connectivity index (χ1) is 10.2. The lowest BCUT2D eigenvalue weighted by Crippen LogP contribution is -2.25. The summed E-state index contributed by atoms with van der Waals surface area (Å²) >= 11 is 1.48. The summed E-state index contributed by atoms with van der Waals surface area (Å²) in [4.78, 5) is 27.6. The zero-order valence-corrected chi connectivity index (χ0v) is 12.6. The van der Waals surface area contributed by atoms with Gasteiger partial charge >= 0.3 is 0 Å². The molecule has 110 valence electrons. The van der Waals surface area contributed by atoms with Crippen LogP contribution in [-0.4, -0.2) is 23.3 Å². The van der Waals surface area contributed by atoms with Gasteiger partial charge in [-0.2, -0.15) is 11.3 Å². The van der Waals surface area contributed by atoms with Crippen LogP contribution >= 0.6 is 11.3 Å². The third kappa shape index (κ3) is 4.68. The number of hydrogen-bond acceptors (Lipinski definition) is 4. The Morgan fingerprint density at radius 3 is 2.90 bits per heavy atom. The van der Waals surface area contributed by atoms with Crippen molar-refractivity contribution >= 4 is 29.0 Å². The maximum atomic E-state index is 11.8. The van der Waals surface area contributed by atoms with Gasteiger partial charge in [0.15, 0.2) is 0 Å². The fourth-order valence-electron chi connectivity index (χ4n) is 1.76. The number of nitrogens with zero attached hydrogens (tertiary/aromatic N) is 1. The maximum Gasteiger partial charge on any atom is 0.252 e. The van der Waals surface area contributed by atoms with Crippen molar-refractivity contribution in [2.75, 3.05) is 11.9 Å². The summed E-state index contributed by atoms with van der Waals surface area (Å²) in [6, 6.07) is 5.49. The van der Waals surface area contributed by atoms with E-state index in [1.165, 1.54) is 11.3 Å². The highest BCUT2D eigenvalue weighted by Gasteiger charge is 2.07. The van der Waals surface area contributed by atoms with E-state index in [1.54, 1.807) is 17.6 Å². The Balaban J connectivity index is 1.68. The van der Waals surface area contributed by atoms with Gasteiger partial charge in [0, 0.05) is 30.1 Å². The zero-order chi connectivity index (χ0) is 15.1. The van der Waals surface area contributed by atoms with Crippen molar-refractivity contribution in [1.82, 2.24) is 10.3 Å². The molecular weight excluding hydrogens is 286 g/mol. The molecule has 2 N–H and O–H groups in total. The number of aryl methyl sites for hydroxylation is 1. The Bertz CT molecular complexity index is 611. The van der Waals surface area contributed by atoms with Gasteiger partial charge in [-0.3, -0.25) is 9.59 Å². The monoisotopic (exact) mass is 303 g/mol. The number of rotatable bonds is 6. The molecule has 2 aromatic rings. The lowest BCUT2D eigenvalue weighted by molar-refractivity contribution is -0.116. The Labute approximate surface area is 127 Å². The molecule has 2 aromatic heterocycles. The first kappa shape index (κ1) is 15.2. The number of amides is 2. The molecule has 0 bridgehead atoms. The molecule has 6 heteroatoms. The SMILES string of the molecule is Cc1cccnc1NC(=O)CCCNC(=O)c1ccsc1. The van der Waals surface area contributed by atoms with Crippen LogP contribution in [0.4, 0.5) is 5.82 Å². The smallest absolute Gasteiger partial charge is 0.252 e. The van der Waals surface area contributed by atoms with Crippen LogP contribution in [0.25, 0.3) is 0 Å². The summed E-state index contributed by atoms with van der Waals surface area (Å²) in [5.41, 5.74) is 1.59. The molecule has 5 nitrogen and oxygen atoms in total. The van der Waals surface area contributed by atoms with Crippen LogP contribution in [0.5, 0.6) is 0 Å². The minimum atomic E-state index is -0.0998. The minimum absolute atomic E-state index is 0.0958. The molecular formula is C15H17N3O2S. The molecule has 0 spiro atoms. The molecule has 0 aromatic carbocycles. The topological polar surface area (TPSA) is 71.1 Å². The Hall–Kier alpha value is -2.21. The number of carbonyl (C=O) groups excluding carboxylic acids is 2. The average Bonchev–Trinajstić information content (AvgIpc) is 3.00. The van der Waals surface area contributed by atoms with Crippen LogP contribution in [0.2, 0.25) is 0 Å². The summed E-state index contributed by atoms with van der Waals surface area (Å²) in [6.07, 6.45) is 2.58.